The lowest BCUT2D eigenvalue weighted by atomic mass is 9.33. The minimum atomic E-state index is -0.111. The van der Waals surface area contributed by atoms with Gasteiger partial charge in [0.25, 0.3) is 6.71 Å². The van der Waals surface area contributed by atoms with Gasteiger partial charge in [-0.15, -0.1) is 0 Å². The molecule has 12 aromatic rings. The molecule has 0 atom stereocenters. The number of fused-ring (bicyclic) bond motifs is 15. The van der Waals surface area contributed by atoms with Gasteiger partial charge in [0.15, 0.2) is 0 Å². The molecule has 2 aliphatic heterocycles. The van der Waals surface area contributed by atoms with Crippen LogP contribution in [-0.2, 0) is 21.7 Å². The molecule has 0 saturated carbocycles. The molecule has 11 aromatic carbocycles. The minimum Gasteiger partial charge on any atom is -0.456 e. The van der Waals surface area contributed by atoms with E-state index in [1.165, 1.54) is 116 Å². The maximum absolute atomic E-state index is 6.51. The summed E-state index contributed by atoms with van der Waals surface area (Å²) in [6.07, 6.45) is 0. The smallest absolute Gasteiger partial charge is 0.252 e. The summed E-state index contributed by atoms with van der Waals surface area (Å²) in [7, 11) is 0. The molecule has 0 fully saturated rings. The largest absolute Gasteiger partial charge is 0.456 e. The fourth-order valence-electron chi connectivity index (χ4n) is 13.0. The molecular formula is C74H67BN2O. The highest BCUT2D eigenvalue weighted by Gasteiger charge is 2.46. The van der Waals surface area contributed by atoms with E-state index in [9.17, 15) is 0 Å². The highest BCUT2D eigenvalue weighted by Crippen LogP contribution is 2.52. The first kappa shape index (κ1) is 48.3. The van der Waals surface area contributed by atoms with E-state index < -0.39 is 0 Å². The molecule has 0 unspecified atom stereocenters. The van der Waals surface area contributed by atoms with Crippen LogP contribution in [-0.4, -0.2) is 6.71 Å². The standard InChI is InChI=1S/C74H67BN2O/c1-71(2,3)48-38-49(72(4,5)6)41-52(40-48)76-64-36-47(46-27-34-67-61(35-46)58-23-17-18-24-66(58)78-67)37-65-68(64)75(62-32-30-56-54-21-15-13-19-44(54)25-28-59(56)69(62)76)63-33-31-57-55-22-16-14-20-45(55)26-29-60(57)70(63)77(65)53-42-50(73(7,8)9)39-51(43-53)74(10,11)12/h13-43H,1-12H3. The third-order valence-corrected chi connectivity index (χ3v) is 17.4. The van der Waals surface area contributed by atoms with E-state index in [1.807, 2.05) is 0 Å². The molecule has 382 valence electrons. The van der Waals surface area contributed by atoms with Crippen LogP contribution < -0.4 is 26.2 Å². The topological polar surface area (TPSA) is 19.6 Å². The first-order valence-electron chi connectivity index (χ1n) is 28.1. The summed E-state index contributed by atoms with van der Waals surface area (Å²) in [5, 5.41) is 12.3. The van der Waals surface area contributed by atoms with E-state index in [4.69, 9.17) is 4.42 Å². The number of furan rings is 1. The van der Waals surface area contributed by atoms with Gasteiger partial charge in [0, 0.05) is 55.7 Å². The van der Waals surface area contributed by atoms with Crippen LogP contribution in [0.2, 0.25) is 0 Å². The second-order valence-corrected chi connectivity index (χ2v) is 26.6. The van der Waals surface area contributed by atoms with Gasteiger partial charge in [-0.25, -0.2) is 0 Å². The van der Waals surface area contributed by atoms with Crippen molar-refractivity contribution in [1.29, 1.82) is 0 Å². The normalized spacial score (nSPS) is 13.8. The minimum absolute atomic E-state index is 0.102. The first-order valence-corrected chi connectivity index (χ1v) is 28.1. The van der Waals surface area contributed by atoms with Crippen LogP contribution in [0.4, 0.5) is 34.1 Å². The molecular weight excluding hydrogens is 944 g/mol. The molecule has 0 amide bonds. The van der Waals surface area contributed by atoms with Crippen LogP contribution in [0.3, 0.4) is 0 Å². The van der Waals surface area contributed by atoms with Crippen LogP contribution in [0.1, 0.15) is 105 Å². The number of para-hydroxylation sites is 1. The van der Waals surface area contributed by atoms with Gasteiger partial charge in [0.1, 0.15) is 11.2 Å². The Morgan fingerprint density at radius 3 is 1.19 bits per heavy atom. The predicted molar refractivity (Wildman–Crippen MR) is 338 cm³/mol. The van der Waals surface area contributed by atoms with Gasteiger partial charge < -0.3 is 14.2 Å². The molecule has 0 radical (unpaired) electrons. The SMILES string of the molecule is CC(C)(C)c1cc(N2c3cc(-c4ccc5oc6ccccc6c5c4)cc4c3B(c3ccc5c(ccc6ccccc65)c32)c2ccc3c(ccc5ccccc53)c2N4c2cc(C(C)(C)C)cc(C(C)(C)C)c2)cc(C(C)(C)C)c1. The predicted octanol–water partition coefficient (Wildman–Crippen LogP) is 19.1. The second kappa shape index (κ2) is 16.7. The Labute approximate surface area is 460 Å². The molecule has 0 aliphatic carbocycles. The summed E-state index contributed by atoms with van der Waals surface area (Å²) in [4.78, 5) is 5.37. The lowest BCUT2D eigenvalue weighted by molar-refractivity contribution is 0.568. The Kier molecular flexibility index (Phi) is 10.4. The fourth-order valence-corrected chi connectivity index (χ4v) is 13.0. The van der Waals surface area contributed by atoms with Gasteiger partial charge in [-0.3, -0.25) is 0 Å². The molecule has 0 spiro atoms. The summed E-state index contributed by atoms with van der Waals surface area (Å²) in [6, 6.07) is 72.4. The quantitative estimate of drug-likeness (QED) is 0.130. The number of nitrogens with zero attached hydrogens (tertiary/aromatic N) is 2. The zero-order chi connectivity index (χ0) is 53.9. The molecule has 3 heterocycles. The Balaban J connectivity index is 1.19. The van der Waals surface area contributed by atoms with Crippen LogP contribution in [0.5, 0.6) is 0 Å². The van der Waals surface area contributed by atoms with E-state index in [0.717, 1.165) is 33.1 Å². The molecule has 0 bridgehead atoms. The van der Waals surface area contributed by atoms with Crippen molar-refractivity contribution < 1.29 is 4.42 Å². The van der Waals surface area contributed by atoms with E-state index in [2.05, 4.69) is 281 Å². The van der Waals surface area contributed by atoms with Crippen LogP contribution in [0, 0.1) is 0 Å². The lowest BCUT2D eigenvalue weighted by Gasteiger charge is -2.46. The summed E-state index contributed by atoms with van der Waals surface area (Å²) in [6.45, 7) is 28.2. The summed E-state index contributed by atoms with van der Waals surface area (Å²) < 4.78 is 6.51. The van der Waals surface area contributed by atoms with Crippen molar-refractivity contribution >= 4 is 122 Å². The highest BCUT2D eigenvalue weighted by molar-refractivity contribution is 7.01. The van der Waals surface area contributed by atoms with Crippen LogP contribution >= 0.6 is 0 Å². The average Bonchev–Trinajstić information content (AvgIpc) is 3.84. The molecule has 2 aliphatic rings. The molecule has 0 N–H and O–H groups in total. The van der Waals surface area contributed by atoms with Gasteiger partial charge in [0.05, 0.1) is 0 Å². The van der Waals surface area contributed by atoms with Crippen LogP contribution in [0.25, 0.3) is 76.2 Å². The Hall–Kier alpha value is -8.08. The zero-order valence-corrected chi connectivity index (χ0v) is 47.3. The molecule has 4 heteroatoms. The lowest BCUT2D eigenvalue weighted by Crippen LogP contribution is -2.61. The molecule has 14 rings (SSSR count). The number of benzene rings is 11. The Morgan fingerprint density at radius 1 is 0.321 bits per heavy atom. The van der Waals surface area contributed by atoms with Crippen molar-refractivity contribution in [3.63, 3.8) is 0 Å². The summed E-state index contributed by atoms with van der Waals surface area (Å²) >= 11 is 0. The fraction of sp³-hybridized carbons (Fsp3) is 0.216. The third kappa shape index (κ3) is 7.46. The monoisotopic (exact) mass is 1010 g/mol. The van der Waals surface area contributed by atoms with E-state index >= 15 is 0 Å². The van der Waals surface area contributed by atoms with Gasteiger partial charge in [-0.05, 0) is 158 Å². The third-order valence-electron chi connectivity index (χ3n) is 17.4. The van der Waals surface area contributed by atoms with Crippen molar-refractivity contribution in [2.24, 2.45) is 0 Å². The van der Waals surface area contributed by atoms with Gasteiger partial charge in [0.2, 0.25) is 0 Å². The van der Waals surface area contributed by atoms with Crippen molar-refractivity contribution in [2.45, 2.75) is 105 Å². The average molecular weight is 1010 g/mol. The van der Waals surface area contributed by atoms with Gasteiger partial charge >= 0.3 is 0 Å². The molecule has 0 saturated heterocycles. The van der Waals surface area contributed by atoms with Crippen LogP contribution in [0.15, 0.2) is 192 Å². The number of hydrogen-bond donors (Lipinski definition) is 0. The first-order chi connectivity index (χ1) is 37.2. The van der Waals surface area contributed by atoms with E-state index in [1.54, 1.807) is 0 Å². The second-order valence-electron chi connectivity index (χ2n) is 26.6. The van der Waals surface area contributed by atoms with Gasteiger partial charge in [-0.2, -0.15) is 0 Å². The Morgan fingerprint density at radius 2 is 0.731 bits per heavy atom. The number of hydrogen-bond acceptors (Lipinski definition) is 3. The summed E-state index contributed by atoms with van der Waals surface area (Å²) in [5.41, 5.74) is 20.1. The van der Waals surface area contributed by atoms with E-state index in [0.29, 0.717) is 0 Å². The van der Waals surface area contributed by atoms with Crippen molar-refractivity contribution in [2.75, 3.05) is 9.80 Å². The highest BCUT2D eigenvalue weighted by atomic mass is 16.3. The zero-order valence-electron chi connectivity index (χ0n) is 47.3. The Bertz CT molecular complexity index is 4220. The van der Waals surface area contributed by atoms with E-state index in [-0.39, 0.29) is 28.4 Å². The van der Waals surface area contributed by atoms with Crippen molar-refractivity contribution in [3.8, 4) is 11.1 Å². The number of rotatable bonds is 3. The van der Waals surface area contributed by atoms with Gasteiger partial charge in [-0.1, -0.05) is 217 Å². The molecule has 3 nitrogen and oxygen atoms in total. The summed E-state index contributed by atoms with van der Waals surface area (Å²) in [5.74, 6) is 0. The maximum atomic E-state index is 6.51. The van der Waals surface area contributed by atoms with Crippen molar-refractivity contribution in [3.05, 3.63) is 210 Å². The molecule has 1 aromatic heterocycles. The number of anilines is 6. The molecule has 78 heavy (non-hydrogen) atoms. The maximum Gasteiger partial charge on any atom is 0.252 e. The van der Waals surface area contributed by atoms with Crippen molar-refractivity contribution in [1.82, 2.24) is 0 Å².